The third-order valence-electron chi connectivity index (χ3n) is 0.674. The maximum Gasteiger partial charge on any atom is 1.00 e. The normalized spacial score (nSPS) is 11.8. The van der Waals surface area contributed by atoms with Crippen molar-refractivity contribution in [1.29, 1.82) is 0 Å². The monoisotopic (exact) mass is 141 g/mol. The molecule has 0 aromatic rings. The zero-order valence-corrected chi connectivity index (χ0v) is 7.33. The van der Waals surface area contributed by atoms with E-state index in [0.717, 1.165) is 0 Å². The second-order valence-corrected chi connectivity index (χ2v) is 1.47. The van der Waals surface area contributed by atoms with Crippen molar-refractivity contribution < 1.29 is 44.6 Å². The van der Waals surface area contributed by atoms with Crippen LogP contribution in [0.3, 0.4) is 0 Å². The molecule has 0 amide bonds. The average Bonchev–Trinajstić information content (AvgIpc) is 1.65. The van der Waals surface area contributed by atoms with Crippen LogP contribution in [0.4, 0.5) is 0 Å². The van der Waals surface area contributed by atoms with Crippen LogP contribution in [0.25, 0.3) is 0 Å². The number of nitrogens with two attached hydrogens (primary N) is 1. The van der Waals surface area contributed by atoms with Gasteiger partial charge >= 0.3 is 29.6 Å². The van der Waals surface area contributed by atoms with Crippen molar-refractivity contribution in [2.75, 3.05) is 6.54 Å². The van der Waals surface area contributed by atoms with Crippen molar-refractivity contribution in [2.45, 2.75) is 12.5 Å². The van der Waals surface area contributed by atoms with Gasteiger partial charge in [-0.2, -0.15) is 0 Å². The Balaban J connectivity index is 0. The molecule has 0 aliphatic heterocycles. The molecule has 0 rings (SSSR count). The van der Waals surface area contributed by atoms with Gasteiger partial charge < -0.3 is 20.7 Å². The molecule has 9 heavy (non-hydrogen) atoms. The fourth-order valence-corrected chi connectivity index (χ4v) is 0.276. The van der Waals surface area contributed by atoms with Gasteiger partial charge in [0.2, 0.25) is 0 Å². The van der Waals surface area contributed by atoms with E-state index in [9.17, 15) is 9.90 Å². The number of carbonyl (C=O) groups is 1. The van der Waals surface area contributed by atoms with Crippen LogP contribution in [-0.2, 0) is 4.79 Å². The van der Waals surface area contributed by atoms with E-state index < -0.39 is 12.1 Å². The van der Waals surface area contributed by atoms with E-state index in [1.807, 2.05) is 0 Å². The van der Waals surface area contributed by atoms with Gasteiger partial charge in [0.05, 0.1) is 6.10 Å². The summed E-state index contributed by atoms with van der Waals surface area (Å²) in [5.41, 5.74) is 4.88. The molecule has 5 heteroatoms. The molecule has 4 nitrogen and oxygen atoms in total. The Bertz CT molecular complexity index is 87.9. The van der Waals surface area contributed by atoms with Crippen LogP contribution >= 0.6 is 0 Å². The minimum atomic E-state index is -1.28. The van der Waals surface area contributed by atoms with E-state index in [4.69, 9.17) is 10.8 Å². The molecular formula is C4H8NNaO3. The first-order valence-corrected chi connectivity index (χ1v) is 2.24. The molecule has 0 saturated heterocycles. The fourth-order valence-electron chi connectivity index (χ4n) is 0.276. The van der Waals surface area contributed by atoms with Gasteiger partial charge in [0, 0.05) is 18.9 Å². The van der Waals surface area contributed by atoms with E-state index in [1.54, 1.807) is 0 Å². The van der Waals surface area contributed by atoms with Crippen molar-refractivity contribution in [2.24, 2.45) is 5.73 Å². The molecule has 1 atom stereocenters. The number of carboxylic acid groups (broad SMARTS) is 1. The van der Waals surface area contributed by atoms with E-state index >= 15 is 0 Å². The van der Waals surface area contributed by atoms with E-state index in [2.05, 4.69) is 0 Å². The molecule has 48 valence electrons. The second-order valence-electron chi connectivity index (χ2n) is 1.47. The number of hydrogen-bond acceptors (Lipinski definition) is 4. The number of carbonyl (C=O) groups excluding carboxylic acids is 1. The van der Waals surface area contributed by atoms with Gasteiger partial charge in [-0.15, -0.1) is 0 Å². The molecule has 0 aromatic carbocycles. The van der Waals surface area contributed by atoms with E-state index in [1.165, 1.54) is 0 Å². The summed E-state index contributed by atoms with van der Waals surface area (Å²) < 4.78 is 0. The number of carboxylic acids is 1. The van der Waals surface area contributed by atoms with E-state index in [-0.39, 0.29) is 42.5 Å². The first-order valence-electron chi connectivity index (χ1n) is 2.24. The molecule has 0 fully saturated rings. The Morgan fingerprint density at radius 2 is 2.22 bits per heavy atom. The summed E-state index contributed by atoms with van der Waals surface area (Å²) in [7, 11) is 0. The zero-order chi connectivity index (χ0) is 6.57. The van der Waals surface area contributed by atoms with Crippen molar-refractivity contribution in [1.82, 2.24) is 0 Å². The SMILES string of the molecule is NCC(O)CC(=O)[O-].[Na+]. The van der Waals surface area contributed by atoms with Gasteiger partial charge in [0.1, 0.15) is 0 Å². The summed E-state index contributed by atoms with van der Waals surface area (Å²) in [6.45, 7) is -0.0337. The molecule has 0 aromatic heterocycles. The molecule has 0 bridgehead atoms. The third kappa shape index (κ3) is 8.39. The molecule has 0 spiro atoms. The van der Waals surface area contributed by atoms with Crippen molar-refractivity contribution in [3.63, 3.8) is 0 Å². The summed E-state index contributed by atoms with van der Waals surface area (Å²) in [6.07, 6.45) is -1.34. The molecule has 0 saturated carbocycles. The first kappa shape index (κ1) is 12.1. The maximum absolute atomic E-state index is 9.64. The Kier molecular flexibility index (Phi) is 8.75. The minimum absolute atomic E-state index is 0. The predicted octanol–water partition coefficient (Wildman–Crippen LogP) is -5.55. The third-order valence-corrected chi connectivity index (χ3v) is 0.674. The maximum atomic E-state index is 9.64. The number of aliphatic hydroxyl groups is 1. The predicted molar refractivity (Wildman–Crippen MR) is 24.7 cm³/mol. The van der Waals surface area contributed by atoms with Gasteiger partial charge in [-0.1, -0.05) is 0 Å². The molecular weight excluding hydrogens is 133 g/mol. The van der Waals surface area contributed by atoms with Crippen LogP contribution in [-0.4, -0.2) is 23.7 Å². The first-order chi connectivity index (χ1) is 3.66. The Hall–Kier alpha value is 0.390. The average molecular weight is 141 g/mol. The van der Waals surface area contributed by atoms with E-state index in [0.29, 0.717) is 0 Å². The van der Waals surface area contributed by atoms with Crippen LogP contribution in [0.1, 0.15) is 6.42 Å². The smallest absolute Gasteiger partial charge is 0.550 e. The summed E-state index contributed by atoms with van der Waals surface area (Å²) in [5.74, 6) is -1.28. The molecule has 0 radical (unpaired) electrons. The number of aliphatic hydroxyl groups excluding tert-OH is 1. The summed E-state index contributed by atoms with van der Waals surface area (Å²) in [5, 5.41) is 18.1. The molecule has 0 aliphatic rings. The molecule has 3 N–H and O–H groups in total. The quantitative estimate of drug-likeness (QED) is 0.384. The Labute approximate surface area is 75.3 Å². The van der Waals surface area contributed by atoms with Crippen LogP contribution in [0.5, 0.6) is 0 Å². The van der Waals surface area contributed by atoms with Crippen LogP contribution < -0.4 is 40.4 Å². The van der Waals surface area contributed by atoms with Gasteiger partial charge in [-0.05, 0) is 0 Å². The summed E-state index contributed by atoms with van der Waals surface area (Å²) >= 11 is 0. The number of rotatable bonds is 3. The Morgan fingerprint density at radius 1 is 1.78 bits per heavy atom. The van der Waals surface area contributed by atoms with Crippen molar-refractivity contribution in [3.8, 4) is 0 Å². The Morgan fingerprint density at radius 3 is 2.33 bits per heavy atom. The number of aliphatic carboxylic acids is 1. The van der Waals surface area contributed by atoms with Gasteiger partial charge in [0.25, 0.3) is 0 Å². The second kappa shape index (κ2) is 6.51. The van der Waals surface area contributed by atoms with Gasteiger partial charge in [0.15, 0.2) is 0 Å². The molecule has 1 unspecified atom stereocenters. The topological polar surface area (TPSA) is 86.4 Å². The standard InChI is InChI=1S/C4H9NO3.Na/c5-2-3(6)1-4(7)8;/h3,6H,1-2,5H2,(H,7,8);/q;+1/p-1. The van der Waals surface area contributed by atoms with Crippen LogP contribution in [0.2, 0.25) is 0 Å². The number of hydrogen-bond donors (Lipinski definition) is 2. The summed E-state index contributed by atoms with van der Waals surface area (Å²) in [6, 6.07) is 0. The fraction of sp³-hybridized carbons (Fsp3) is 0.750. The van der Waals surface area contributed by atoms with Crippen LogP contribution in [0, 0.1) is 0 Å². The molecule has 0 heterocycles. The summed E-state index contributed by atoms with van der Waals surface area (Å²) in [4.78, 5) is 9.64. The van der Waals surface area contributed by atoms with Crippen LogP contribution in [0.15, 0.2) is 0 Å². The zero-order valence-electron chi connectivity index (χ0n) is 5.33. The largest absolute Gasteiger partial charge is 1.00 e. The van der Waals surface area contributed by atoms with Gasteiger partial charge in [-0.3, -0.25) is 0 Å². The molecule has 0 aliphatic carbocycles. The minimum Gasteiger partial charge on any atom is -0.550 e. The van der Waals surface area contributed by atoms with Gasteiger partial charge in [-0.25, -0.2) is 0 Å². The van der Waals surface area contributed by atoms with Crippen molar-refractivity contribution >= 4 is 5.97 Å². The van der Waals surface area contributed by atoms with Crippen molar-refractivity contribution in [3.05, 3.63) is 0 Å².